The summed E-state index contributed by atoms with van der Waals surface area (Å²) in [7, 11) is 0. The third kappa shape index (κ3) is 4.87. The van der Waals surface area contributed by atoms with Gasteiger partial charge >= 0.3 is 0 Å². The number of fused-ring (bicyclic) bond motifs is 13. The molecule has 1 aliphatic heterocycles. The molecule has 0 radical (unpaired) electrons. The molecule has 11 aromatic rings. The number of nitrogens with zero attached hydrogens (tertiary/aromatic N) is 1. The van der Waals surface area contributed by atoms with Gasteiger partial charge in [0.15, 0.2) is 0 Å². The largest absolute Gasteiger partial charge is 0.457 e. The SMILES string of the molecule is c1ccc(-c2cc3cc(N(c4ccc5c(c4)C4(c6ccccc6Oc6ccccc64)c4ccccc4-5)c4ccc(-c5ccccc5)c5oc6ccccc6c45)ccc3o2)cc1. The smallest absolute Gasteiger partial charge is 0.145 e. The van der Waals surface area contributed by atoms with Crippen LogP contribution in [0.4, 0.5) is 17.1 Å². The second-order valence-corrected chi connectivity index (χ2v) is 16.0. The first kappa shape index (κ1) is 33.8. The normalized spacial score (nSPS) is 13.2. The van der Waals surface area contributed by atoms with Gasteiger partial charge in [-0.2, -0.15) is 0 Å². The molecule has 4 nitrogen and oxygen atoms in total. The summed E-state index contributed by atoms with van der Waals surface area (Å²) in [6, 6.07) is 75.3. The van der Waals surface area contributed by atoms with Gasteiger partial charge in [0, 0.05) is 44.4 Å². The molecule has 0 unspecified atom stereocenters. The van der Waals surface area contributed by atoms with Crippen molar-refractivity contribution in [2.75, 3.05) is 4.90 Å². The highest BCUT2D eigenvalue weighted by molar-refractivity contribution is 6.17. The molecule has 2 aromatic heterocycles. The van der Waals surface area contributed by atoms with E-state index in [1.54, 1.807) is 0 Å². The van der Waals surface area contributed by atoms with E-state index in [1.165, 1.54) is 22.3 Å². The van der Waals surface area contributed by atoms with Gasteiger partial charge in [0.2, 0.25) is 0 Å². The summed E-state index contributed by atoms with van der Waals surface area (Å²) in [5, 5.41) is 3.13. The Labute approximate surface area is 352 Å². The molecule has 1 spiro atoms. The minimum absolute atomic E-state index is 0.618. The zero-order valence-corrected chi connectivity index (χ0v) is 32.9. The first-order chi connectivity index (χ1) is 30.2. The monoisotopic (exact) mass is 781 g/mol. The van der Waals surface area contributed by atoms with Crippen molar-refractivity contribution in [1.82, 2.24) is 0 Å². The van der Waals surface area contributed by atoms with Gasteiger partial charge in [-0.05, 0) is 94.5 Å². The molecular formula is C57H35NO3. The number of anilines is 3. The van der Waals surface area contributed by atoms with Crippen molar-refractivity contribution >= 4 is 50.0 Å². The number of furan rings is 2. The number of benzene rings is 9. The Morgan fingerprint density at radius 2 is 1.00 bits per heavy atom. The Hall–Kier alpha value is -8.08. The quantitative estimate of drug-likeness (QED) is 0.174. The van der Waals surface area contributed by atoms with Gasteiger partial charge < -0.3 is 18.5 Å². The zero-order valence-electron chi connectivity index (χ0n) is 32.9. The average molecular weight is 782 g/mol. The van der Waals surface area contributed by atoms with Crippen molar-refractivity contribution in [2.24, 2.45) is 0 Å². The lowest BCUT2D eigenvalue weighted by Crippen LogP contribution is -2.32. The lowest BCUT2D eigenvalue weighted by Gasteiger charge is -2.39. The van der Waals surface area contributed by atoms with Gasteiger partial charge in [0.05, 0.1) is 16.5 Å². The Bertz CT molecular complexity index is 3480. The van der Waals surface area contributed by atoms with Crippen LogP contribution in [0.15, 0.2) is 221 Å². The maximum Gasteiger partial charge on any atom is 0.145 e. The van der Waals surface area contributed by atoms with E-state index in [-0.39, 0.29) is 0 Å². The van der Waals surface area contributed by atoms with Crippen LogP contribution in [-0.4, -0.2) is 0 Å². The molecular weight excluding hydrogens is 747 g/mol. The number of para-hydroxylation sites is 3. The summed E-state index contributed by atoms with van der Waals surface area (Å²) < 4.78 is 20.0. The van der Waals surface area contributed by atoms with Crippen molar-refractivity contribution in [3.63, 3.8) is 0 Å². The molecule has 0 atom stereocenters. The first-order valence-electron chi connectivity index (χ1n) is 20.7. The minimum atomic E-state index is -0.618. The van der Waals surface area contributed by atoms with Crippen LogP contribution in [0.5, 0.6) is 11.5 Å². The Kier molecular flexibility index (Phi) is 7.19. The fourth-order valence-corrected chi connectivity index (χ4v) is 10.2. The van der Waals surface area contributed by atoms with Crippen LogP contribution in [0.25, 0.3) is 66.5 Å². The van der Waals surface area contributed by atoms with Gasteiger partial charge in [-0.25, -0.2) is 0 Å². The molecule has 3 heterocycles. The molecule has 13 rings (SSSR count). The van der Waals surface area contributed by atoms with E-state index in [0.29, 0.717) is 0 Å². The molecule has 0 saturated heterocycles. The standard InChI is InChI=1S/C57H35NO3/c1-3-15-36(16-4-1)41-30-31-49(55-44-20-8-12-24-51(44)61-56(41)55)58(39-28-32-50-38(33-39)34-54(59-50)37-17-5-2-6-18-37)40-27-29-43-42-19-7-9-21-45(42)57(48(43)35-40)46-22-10-13-25-52(46)60-53-26-14-11-23-47(53)57/h1-35H. The first-order valence-corrected chi connectivity index (χ1v) is 20.7. The number of hydrogen-bond donors (Lipinski definition) is 0. The van der Waals surface area contributed by atoms with Crippen molar-refractivity contribution in [2.45, 2.75) is 5.41 Å². The Morgan fingerprint density at radius 1 is 0.393 bits per heavy atom. The highest BCUT2D eigenvalue weighted by atomic mass is 16.5. The molecule has 0 saturated carbocycles. The summed E-state index contributed by atoms with van der Waals surface area (Å²) in [6.07, 6.45) is 0. The van der Waals surface area contributed by atoms with Gasteiger partial charge in [0.1, 0.15) is 34.0 Å². The molecule has 9 aromatic carbocycles. The predicted octanol–water partition coefficient (Wildman–Crippen LogP) is 15.6. The fourth-order valence-electron chi connectivity index (χ4n) is 10.2. The molecule has 0 bridgehead atoms. The Morgan fingerprint density at radius 3 is 1.79 bits per heavy atom. The van der Waals surface area contributed by atoms with Gasteiger partial charge in [-0.3, -0.25) is 0 Å². The summed E-state index contributed by atoms with van der Waals surface area (Å²) in [5.74, 6) is 2.58. The Balaban J connectivity index is 1.11. The summed E-state index contributed by atoms with van der Waals surface area (Å²) in [6.45, 7) is 0. The number of hydrogen-bond acceptors (Lipinski definition) is 4. The maximum atomic E-state index is 6.85. The van der Waals surface area contributed by atoms with E-state index < -0.39 is 5.41 Å². The molecule has 4 heteroatoms. The van der Waals surface area contributed by atoms with Crippen LogP contribution in [0.3, 0.4) is 0 Å². The van der Waals surface area contributed by atoms with Crippen molar-refractivity contribution in [3.8, 4) is 45.1 Å². The van der Waals surface area contributed by atoms with E-state index in [9.17, 15) is 0 Å². The molecule has 0 N–H and O–H groups in total. The van der Waals surface area contributed by atoms with Gasteiger partial charge in [0.25, 0.3) is 0 Å². The van der Waals surface area contributed by atoms with Crippen LogP contribution >= 0.6 is 0 Å². The van der Waals surface area contributed by atoms with Gasteiger partial charge in [-0.1, -0.05) is 146 Å². The molecule has 286 valence electrons. The van der Waals surface area contributed by atoms with E-state index in [4.69, 9.17) is 13.6 Å². The van der Waals surface area contributed by atoms with Crippen LogP contribution in [-0.2, 0) is 5.41 Å². The van der Waals surface area contributed by atoms with E-state index in [0.717, 1.165) is 95.0 Å². The van der Waals surface area contributed by atoms with E-state index in [1.807, 2.05) is 24.3 Å². The summed E-state index contributed by atoms with van der Waals surface area (Å²) in [4.78, 5) is 2.40. The van der Waals surface area contributed by atoms with E-state index >= 15 is 0 Å². The van der Waals surface area contributed by atoms with Crippen LogP contribution < -0.4 is 9.64 Å². The summed E-state index contributed by atoms with van der Waals surface area (Å²) >= 11 is 0. The number of ether oxygens (including phenoxy) is 1. The number of rotatable bonds is 5. The maximum absolute atomic E-state index is 6.85. The lowest BCUT2D eigenvalue weighted by molar-refractivity contribution is 0.436. The van der Waals surface area contributed by atoms with E-state index in [2.05, 4.69) is 193 Å². The summed E-state index contributed by atoms with van der Waals surface area (Å²) in [5.41, 5.74) is 15.3. The third-order valence-corrected chi connectivity index (χ3v) is 12.7. The topological polar surface area (TPSA) is 38.8 Å². The van der Waals surface area contributed by atoms with Crippen LogP contribution in [0.2, 0.25) is 0 Å². The highest BCUT2D eigenvalue weighted by Gasteiger charge is 2.51. The van der Waals surface area contributed by atoms with Crippen molar-refractivity contribution < 1.29 is 13.6 Å². The zero-order chi connectivity index (χ0) is 40.1. The second kappa shape index (κ2) is 13.0. The average Bonchev–Trinajstić information content (AvgIpc) is 4.01. The predicted molar refractivity (Wildman–Crippen MR) is 246 cm³/mol. The lowest BCUT2D eigenvalue weighted by atomic mass is 9.66. The third-order valence-electron chi connectivity index (χ3n) is 12.7. The van der Waals surface area contributed by atoms with Gasteiger partial charge in [-0.15, -0.1) is 0 Å². The molecule has 0 fully saturated rings. The van der Waals surface area contributed by atoms with Crippen molar-refractivity contribution in [3.05, 3.63) is 235 Å². The second-order valence-electron chi connectivity index (χ2n) is 16.0. The molecule has 0 amide bonds. The molecule has 1 aliphatic carbocycles. The highest BCUT2D eigenvalue weighted by Crippen LogP contribution is 2.63. The van der Waals surface area contributed by atoms with Crippen LogP contribution in [0, 0.1) is 0 Å². The van der Waals surface area contributed by atoms with Crippen LogP contribution in [0.1, 0.15) is 22.3 Å². The minimum Gasteiger partial charge on any atom is -0.457 e. The van der Waals surface area contributed by atoms with Crippen molar-refractivity contribution in [1.29, 1.82) is 0 Å². The molecule has 2 aliphatic rings. The fraction of sp³-hybridized carbons (Fsp3) is 0.0175. The molecule has 61 heavy (non-hydrogen) atoms.